The third-order valence-electron chi connectivity index (χ3n) is 2.82. The molecule has 0 saturated heterocycles. The van der Waals surface area contributed by atoms with E-state index in [4.69, 9.17) is 16.7 Å². The summed E-state index contributed by atoms with van der Waals surface area (Å²) in [5.74, 6) is 0.777. The van der Waals surface area contributed by atoms with Crippen LogP contribution in [0.1, 0.15) is 19.3 Å². The van der Waals surface area contributed by atoms with Crippen LogP contribution in [0.4, 0.5) is 5.82 Å². The van der Waals surface area contributed by atoms with Crippen LogP contribution >= 0.6 is 27.5 Å². The van der Waals surface area contributed by atoms with Crippen molar-refractivity contribution in [2.75, 3.05) is 18.1 Å². The zero-order chi connectivity index (χ0) is 11.5. The normalized spacial score (nSPS) is 15.9. The number of anilines is 1. The van der Waals surface area contributed by atoms with Crippen molar-refractivity contribution in [1.82, 2.24) is 9.97 Å². The molecular formula is C10H13BrClN3O. The fourth-order valence-electron chi connectivity index (χ4n) is 1.81. The van der Waals surface area contributed by atoms with Crippen LogP contribution < -0.4 is 4.90 Å². The minimum absolute atomic E-state index is 0.116. The van der Waals surface area contributed by atoms with Crippen LogP contribution in [0, 0.1) is 0 Å². The average Bonchev–Trinajstić information content (AvgIpc) is 2.18. The van der Waals surface area contributed by atoms with Gasteiger partial charge in [0.1, 0.15) is 5.82 Å². The zero-order valence-corrected chi connectivity index (χ0v) is 11.1. The minimum Gasteiger partial charge on any atom is -0.395 e. The molecule has 0 unspecified atom stereocenters. The van der Waals surface area contributed by atoms with Crippen molar-refractivity contribution in [3.63, 3.8) is 0 Å². The van der Waals surface area contributed by atoms with E-state index in [0.29, 0.717) is 12.6 Å². The van der Waals surface area contributed by atoms with Gasteiger partial charge in [0.25, 0.3) is 0 Å². The van der Waals surface area contributed by atoms with Gasteiger partial charge < -0.3 is 10.0 Å². The van der Waals surface area contributed by atoms with E-state index in [1.807, 2.05) is 0 Å². The van der Waals surface area contributed by atoms with E-state index in [1.165, 1.54) is 6.42 Å². The maximum Gasteiger partial charge on any atom is 0.224 e. The van der Waals surface area contributed by atoms with Gasteiger partial charge in [-0.1, -0.05) is 0 Å². The standard InChI is InChI=1S/C10H13BrClN3O/c11-8-6-13-10(12)14-9(8)15(4-5-16)7-2-1-3-7/h6-7,16H,1-5H2. The van der Waals surface area contributed by atoms with Crippen molar-refractivity contribution in [1.29, 1.82) is 0 Å². The first-order chi connectivity index (χ1) is 7.72. The average molecular weight is 307 g/mol. The van der Waals surface area contributed by atoms with Crippen molar-refractivity contribution in [3.8, 4) is 0 Å². The Morgan fingerprint density at radius 3 is 2.88 bits per heavy atom. The van der Waals surface area contributed by atoms with Crippen molar-refractivity contribution in [2.45, 2.75) is 25.3 Å². The van der Waals surface area contributed by atoms with Gasteiger partial charge in [-0.2, -0.15) is 4.98 Å². The molecule has 1 heterocycles. The lowest BCUT2D eigenvalue weighted by Gasteiger charge is -2.38. The molecule has 1 aromatic rings. The van der Waals surface area contributed by atoms with Crippen LogP contribution in [0.15, 0.2) is 10.7 Å². The molecule has 1 aliphatic carbocycles. The highest BCUT2D eigenvalue weighted by molar-refractivity contribution is 9.10. The summed E-state index contributed by atoms with van der Waals surface area (Å²) in [4.78, 5) is 10.2. The second-order valence-electron chi connectivity index (χ2n) is 3.81. The summed E-state index contributed by atoms with van der Waals surface area (Å²) in [5.41, 5.74) is 0. The molecule has 0 atom stereocenters. The Kier molecular flexibility index (Phi) is 4.00. The van der Waals surface area contributed by atoms with Crippen LogP contribution in [0.25, 0.3) is 0 Å². The summed E-state index contributed by atoms with van der Waals surface area (Å²) in [6.07, 6.45) is 5.18. The van der Waals surface area contributed by atoms with E-state index in [1.54, 1.807) is 6.20 Å². The van der Waals surface area contributed by atoms with Crippen molar-refractivity contribution < 1.29 is 5.11 Å². The third kappa shape index (κ3) is 2.47. The summed E-state index contributed by atoms with van der Waals surface area (Å²) in [6.45, 7) is 0.696. The van der Waals surface area contributed by atoms with Crippen LogP contribution in [0.5, 0.6) is 0 Å². The summed E-state index contributed by atoms with van der Waals surface area (Å²) in [7, 11) is 0. The molecule has 1 aliphatic rings. The lowest BCUT2D eigenvalue weighted by Crippen LogP contribution is -2.42. The predicted molar refractivity (Wildman–Crippen MR) is 66.8 cm³/mol. The van der Waals surface area contributed by atoms with Crippen molar-refractivity contribution in [3.05, 3.63) is 16.0 Å². The monoisotopic (exact) mass is 305 g/mol. The molecule has 1 fully saturated rings. The predicted octanol–water partition coefficient (Wildman–Crippen LogP) is 2.24. The highest BCUT2D eigenvalue weighted by Gasteiger charge is 2.27. The number of hydrogen-bond donors (Lipinski definition) is 1. The van der Waals surface area contributed by atoms with E-state index in [9.17, 15) is 0 Å². The molecule has 16 heavy (non-hydrogen) atoms. The Morgan fingerprint density at radius 2 is 2.31 bits per heavy atom. The molecule has 6 heteroatoms. The minimum atomic E-state index is 0.116. The molecule has 0 aromatic carbocycles. The van der Waals surface area contributed by atoms with E-state index in [0.717, 1.165) is 23.1 Å². The van der Waals surface area contributed by atoms with Crippen LogP contribution in [0.3, 0.4) is 0 Å². The van der Waals surface area contributed by atoms with E-state index in [-0.39, 0.29) is 11.9 Å². The number of aliphatic hydroxyl groups is 1. The quantitative estimate of drug-likeness (QED) is 0.867. The van der Waals surface area contributed by atoms with Gasteiger partial charge in [-0.3, -0.25) is 0 Å². The number of halogens is 2. The van der Waals surface area contributed by atoms with Gasteiger partial charge in [0.2, 0.25) is 5.28 Å². The molecule has 0 amide bonds. The Bertz CT molecular complexity index is 373. The second-order valence-corrected chi connectivity index (χ2v) is 5.00. The molecule has 0 radical (unpaired) electrons. The van der Waals surface area contributed by atoms with Crippen LogP contribution in [-0.4, -0.2) is 34.3 Å². The lowest BCUT2D eigenvalue weighted by molar-refractivity contribution is 0.282. The molecule has 0 aliphatic heterocycles. The maximum absolute atomic E-state index is 9.09. The van der Waals surface area contributed by atoms with Gasteiger partial charge in [0.15, 0.2) is 0 Å². The zero-order valence-electron chi connectivity index (χ0n) is 8.74. The number of nitrogens with zero attached hydrogens (tertiary/aromatic N) is 3. The Hall–Kier alpha value is -0.390. The highest BCUT2D eigenvalue weighted by Crippen LogP contribution is 2.32. The fourth-order valence-corrected chi connectivity index (χ4v) is 2.35. The van der Waals surface area contributed by atoms with Gasteiger partial charge in [0.05, 0.1) is 11.1 Å². The molecule has 1 aromatic heterocycles. The Morgan fingerprint density at radius 1 is 1.56 bits per heavy atom. The van der Waals surface area contributed by atoms with Gasteiger partial charge >= 0.3 is 0 Å². The first-order valence-corrected chi connectivity index (χ1v) is 6.45. The molecule has 4 nitrogen and oxygen atoms in total. The van der Waals surface area contributed by atoms with E-state index < -0.39 is 0 Å². The van der Waals surface area contributed by atoms with Gasteiger partial charge in [-0.05, 0) is 46.8 Å². The first-order valence-electron chi connectivity index (χ1n) is 5.28. The number of aliphatic hydroxyl groups excluding tert-OH is 1. The van der Waals surface area contributed by atoms with Crippen molar-refractivity contribution >= 4 is 33.3 Å². The topological polar surface area (TPSA) is 49.2 Å². The highest BCUT2D eigenvalue weighted by atomic mass is 79.9. The Balaban J connectivity index is 2.25. The smallest absolute Gasteiger partial charge is 0.224 e. The summed E-state index contributed by atoms with van der Waals surface area (Å²) in [6, 6.07) is 0.467. The molecule has 1 N–H and O–H groups in total. The number of aromatic nitrogens is 2. The van der Waals surface area contributed by atoms with Gasteiger partial charge in [0, 0.05) is 18.8 Å². The van der Waals surface area contributed by atoms with Crippen LogP contribution in [0.2, 0.25) is 5.28 Å². The molecule has 0 spiro atoms. The SMILES string of the molecule is OCCN(c1nc(Cl)ncc1Br)C1CCC1. The first kappa shape index (κ1) is 12.1. The van der Waals surface area contributed by atoms with Crippen LogP contribution in [-0.2, 0) is 0 Å². The van der Waals surface area contributed by atoms with Gasteiger partial charge in [-0.25, -0.2) is 4.98 Å². The number of hydrogen-bond acceptors (Lipinski definition) is 4. The molecular weight excluding hydrogens is 293 g/mol. The van der Waals surface area contributed by atoms with Crippen molar-refractivity contribution in [2.24, 2.45) is 0 Å². The molecule has 1 saturated carbocycles. The summed E-state index contributed by atoms with van der Waals surface area (Å²) < 4.78 is 0.817. The Labute approximate surface area is 108 Å². The maximum atomic E-state index is 9.09. The lowest BCUT2D eigenvalue weighted by atomic mass is 9.91. The summed E-state index contributed by atoms with van der Waals surface area (Å²) in [5, 5.41) is 9.33. The van der Waals surface area contributed by atoms with Gasteiger partial charge in [-0.15, -0.1) is 0 Å². The van der Waals surface area contributed by atoms with E-state index in [2.05, 4.69) is 30.8 Å². The fraction of sp³-hybridized carbons (Fsp3) is 0.600. The molecule has 0 bridgehead atoms. The summed E-state index contributed by atoms with van der Waals surface area (Å²) >= 11 is 9.21. The second kappa shape index (κ2) is 5.29. The third-order valence-corrected chi connectivity index (χ3v) is 3.57. The molecule has 2 rings (SSSR count). The largest absolute Gasteiger partial charge is 0.395 e. The van der Waals surface area contributed by atoms with E-state index >= 15 is 0 Å². The molecule has 88 valence electrons. The number of rotatable bonds is 4.